The summed E-state index contributed by atoms with van der Waals surface area (Å²) in [5.74, 6) is -1.45. The molecule has 3 aliphatic rings. The summed E-state index contributed by atoms with van der Waals surface area (Å²) in [4.78, 5) is 16.6. The Balaban J connectivity index is 1.43. The first-order valence-electron chi connectivity index (χ1n) is 9.81. The number of methoxy groups -OCH3 is 1. The molecule has 0 aromatic heterocycles. The maximum atomic E-state index is 14.5. The minimum atomic E-state index is -0.903. The molecule has 2 aromatic carbocycles. The highest BCUT2D eigenvalue weighted by Gasteiger charge is 2.64. The third-order valence-electron chi connectivity index (χ3n) is 6.44. The average molecular weight is 400 g/mol. The molecule has 3 aliphatic heterocycles. The predicted molar refractivity (Wildman–Crippen MR) is 101 cm³/mol. The monoisotopic (exact) mass is 400 g/mol. The van der Waals surface area contributed by atoms with Crippen molar-refractivity contribution in [2.24, 2.45) is 0 Å². The van der Waals surface area contributed by atoms with Crippen LogP contribution in [-0.2, 0) is 16.1 Å². The van der Waals surface area contributed by atoms with Gasteiger partial charge < -0.3 is 14.4 Å². The largest absolute Gasteiger partial charge is 0.496 e. The first-order chi connectivity index (χ1) is 14.0. The summed E-state index contributed by atoms with van der Waals surface area (Å²) >= 11 is 0. The highest BCUT2D eigenvalue weighted by atomic mass is 19.2. The lowest BCUT2D eigenvalue weighted by Crippen LogP contribution is -2.47. The number of hydrogen-bond acceptors (Lipinski definition) is 4. The molecule has 0 radical (unpaired) electrons. The Morgan fingerprint density at radius 1 is 1.21 bits per heavy atom. The summed E-state index contributed by atoms with van der Waals surface area (Å²) in [6, 6.07) is 12.2. The molecule has 3 fully saturated rings. The third kappa shape index (κ3) is 2.75. The summed E-state index contributed by atoms with van der Waals surface area (Å²) < 4.78 is 40.0. The maximum Gasteiger partial charge on any atom is 0.226 e. The van der Waals surface area contributed by atoms with Gasteiger partial charge in [-0.3, -0.25) is 9.69 Å². The van der Waals surface area contributed by atoms with E-state index in [9.17, 15) is 13.6 Å². The number of likely N-dealkylation sites (tertiary alicyclic amines) is 1. The molecule has 0 saturated carbocycles. The number of carbonyl (C=O) groups excluding carboxylic acids is 1. The average Bonchev–Trinajstić information content (AvgIpc) is 3.36. The highest BCUT2D eigenvalue weighted by Crippen LogP contribution is 2.51. The minimum absolute atomic E-state index is 0.0461. The summed E-state index contributed by atoms with van der Waals surface area (Å²) in [5.41, 5.74) is 0.515. The van der Waals surface area contributed by atoms with E-state index in [1.54, 1.807) is 0 Å². The Morgan fingerprint density at radius 3 is 2.76 bits per heavy atom. The summed E-state index contributed by atoms with van der Waals surface area (Å²) in [5, 5.41) is 0. The van der Waals surface area contributed by atoms with Crippen molar-refractivity contribution in [3.63, 3.8) is 0 Å². The topological polar surface area (TPSA) is 42.0 Å². The SMILES string of the molecule is COc1ccc(F)c(F)c1CN1CC[C@@]23O[C@H](c4ccccc4)CN2C(=O)C[C@@H]13. The minimum Gasteiger partial charge on any atom is -0.496 e. The smallest absolute Gasteiger partial charge is 0.226 e. The number of nitrogens with zero attached hydrogens (tertiary/aromatic N) is 2. The van der Waals surface area contributed by atoms with Crippen LogP contribution in [0, 0.1) is 11.6 Å². The Morgan fingerprint density at radius 2 is 2.00 bits per heavy atom. The van der Waals surface area contributed by atoms with Crippen LogP contribution in [0.3, 0.4) is 0 Å². The van der Waals surface area contributed by atoms with Gasteiger partial charge in [-0.15, -0.1) is 0 Å². The summed E-state index contributed by atoms with van der Waals surface area (Å²) in [6.45, 7) is 1.32. The molecule has 152 valence electrons. The molecular weight excluding hydrogens is 378 g/mol. The molecule has 1 amide bonds. The van der Waals surface area contributed by atoms with E-state index in [1.807, 2.05) is 40.1 Å². The van der Waals surface area contributed by atoms with Gasteiger partial charge in [0, 0.05) is 31.5 Å². The van der Waals surface area contributed by atoms with Gasteiger partial charge in [-0.1, -0.05) is 30.3 Å². The second kappa shape index (κ2) is 6.78. The molecule has 0 bridgehead atoms. The Kier molecular flexibility index (Phi) is 4.33. The van der Waals surface area contributed by atoms with Gasteiger partial charge in [0.05, 0.1) is 19.7 Å². The fraction of sp³-hybridized carbons (Fsp3) is 0.409. The summed E-state index contributed by atoms with van der Waals surface area (Å²) in [7, 11) is 1.44. The first-order valence-corrected chi connectivity index (χ1v) is 9.81. The lowest BCUT2D eigenvalue weighted by molar-refractivity contribution is -0.138. The normalized spacial score (nSPS) is 28.7. The van der Waals surface area contributed by atoms with Crippen LogP contribution in [0.4, 0.5) is 8.78 Å². The number of carbonyl (C=O) groups is 1. The molecule has 0 aliphatic carbocycles. The molecule has 3 atom stereocenters. The Bertz CT molecular complexity index is 955. The van der Waals surface area contributed by atoms with E-state index in [-0.39, 0.29) is 30.2 Å². The number of amides is 1. The second-order valence-corrected chi connectivity index (χ2v) is 7.85. The zero-order valence-corrected chi connectivity index (χ0v) is 16.1. The van der Waals surface area contributed by atoms with Crippen LogP contribution in [0.5, 0.6) is 5.75 Å². The van der Waals surface area contributed by atoms with Crippen LogP contribution in [0.2, 0.25) is 0 Å². The van der Waals surface area contributed by atoms with Crippen LogP contribution in [0.25, 0.3) is 0 Å². The van der Waals surface area contributed by atoms with Crippen molar-refractivity contribution in [3.8, 4) is 5.75 Å². The van der Waals surface area contributed by atoms with Crippen molar-refractivity contribution in [1.29, 1.82) is 0 Å². The van der Waals surface area contributed by atoms with Gasteiger partial charge in [-0.05, 0) is 17.7 Å². The molecule has 2 aromatic rings. The van der Waals surface area contributed by atoms with Crippen LogP contribution in [0.1, 0.15) is 30.1 Å². The Labute approximate surface area is 167 Å². The van der Waals surface area contributed by atoms with Crippen LogP contribution in [-0.4, -0.2) is 47.7 Å². The molecule has 7 heteroatoms. The molecular formula is C22H22F2N2O3. The fourth-order valence-electron chi connectivity index (χ4n) is 5.06. The molecule has 5 nitrogen and oxygen atoms in total. The van der Waals surface area contributed by atoms with Crippen molar-refractivity contribution >= 4 is 5.91 Å². The van der Waals surface area contributed by atoms with Crippen molar-refractivity contribution in [3.05, 3.63) is 65.2 Å². The van der Waals surface area contributed by atoms with Gasteiger partial charge in [-0.2, -0.15) is 0 Å². The van der Waals surface area contributed by atoms with Gasteiger partial charge in [-0.25, -0.2) is 8.78 Å². The maximum absolute atomic E-state index is 14.5. The number of benzene rings is 2. The highest BCUT2D eigenvalue weighted by molar-refractivity contribution is 5.81. The van der Waals surface area contributed by atoms with E-state index in [4.69, 9.17) is 9.47 Å². The lowest BCUT2D eigenvalue weighted by atomic mass is 10.1. The van der Waals surface area contributed by atoms with E-state index in [2.05, 4.69) is 0 Å². The number of rotatable bonds is 4. The van der Waals surface area contributed by atoms with Gasteiger partial charge >= 0.3 is 0 Å². The van der Waals surface area contributed by atoms with Crippen molar-refractivity contribution in [2.75, 3.05) is 20.2 Å². The van der Waals surface area contributed by atoms with E-state index < -0.39 is 17.4 Å². The molecule has 5 rings (SSSR count). The second-order valence-electron chi connectivity index (χ2n) is 7.85. The molecule has 3 saturated heterocycles. The first kappa shape index (κ1) is 18.5. The number of ether oxygens (including phenoxy) is 2. The quantitative estimate of drug-likeness (QED) is 0.790. The molecule has 29 heavy (non-hydrogen) atoms. The van der Waals surface area contributed by atoms with Crippen molar-refractivity contribution < 1.29 is 23.0 Å². The van der Waals surface area contributed by atoms with Crippen LogP contribution >= 0.6 is 0 Å². The number of hydrogen-bond donors (Lipinski definition) is 0. The fourth-order valence-corrected chi connectivity index (χ4v) is 5.06. The van der Waals surface area contributed by atoms with Crippen LogP contribution in [0.15, 0.2) is 42.5 Å². The van der Waals surface area contributed by atoms with Gasteiger partial charge in [0.2, 0.25) is 5.91 Å². The number of halogens is 2. The predicted octanol–water partition coefficient (Wildman–Crippen LogP) is 3.25. The van der Waals surface area contributed by atoms with Gasteiger partial charge in [0.15, 0.2) is 17.4 Å². The van der Waals surface area contributed by atoms with E-state index in [0.29, 0.717) is 31.7 Å². The third-order valence-corrected chi connectivity index (χ3v) is 6.44. The standard InChI is InChI=1S/C22H22F2N2O3/c1-28-17-8-7-16(23)21(24)15(17)12-25-10-9-22-19(25)11-20(27)26(22)13-18(29-22)14-5-3-2-4-6-14/h2-8,18-19H,9-13H2,1H3/t18-,19+,22-/m0/s1. The van der Waals surface area contributed by atoms with Crippen molar-refractivity contribution in [2.45, 2.75) is 37.3 Å². The van der Waals surface area contributed by atoms with E-state index in [0.717, 1.165) is 11.6 Å². The molecule has 3 heterocycles. The van der Waals surface area contributed by atoms with E-state index >= 15 is 0 Å². The molecule has 0 N–H and O–H groups in total. The molecule has 1 spiro atoms. The Hall–Kier alpha value is -2.51. The van der Waals surface area contributed by atoms with Gasteiger partial charge in [0.25, 0.3) is 0 Å². The molecule has 0 unspecified atom stereocenters. The van der Waals surface area contributed by atoms with Crippen LogP contribution < -0.4 is 4.74 Å². The zero-order valence-electron chi connectivity index (χ0n) is 16.1. The van der Waals surface area contributed by atoms with E-state index in [1.165, 1.54) is 13.2 Å². The van der Waals surface area contributed by atoms with Crippen molar-refractivity contribution in [1.82, 2.24) is 9.80 Å². The zero-order chi connectivity index (χ0) is 20.2. The lowest BCUT2D eigenvalue weighted by Gasteiger charge is -2.32. The van der Waals surface area contributed by atoms with Gasteiger partial charge in [0.1, 0.15) is 11.9 Å². The summed E-state index contributed by atoms with van der Waals surface area (Å²) in [6.07, 6.45) is 0.788.